The van der Waals surface area contributed by atoms with Crippen molar-refractivity contribution in [2.45, 2.75) is 12.2 Å². The maximum Gasteiger partial charge on any atom is 0.236 e. The van der Waals surface area contributed by atoms with E-state index in [9.17, 15) is 4.79 Å². The highest BCUT2D eigenvalue weighted by molar-refractivity contribution is 8.01. The number of primary amides is 1. The monoisotopic (exact) mass is 428 g/mol. The van der Waals surface area contributed by atoms with Gasteiger partial charge in [0.15, 0.2) is 11.5 Å². The molecule has 3 N–H and O–H groups in total. The fraction of sp³-hybridized carbons (Fsp3) is 0.250. The van der Waals surface area contributed by atoms with Gasteiger partial charge in [0.2, 0.25) is 23.4 Å². The summed E-state index contributed by atoms with van der Waals surface area (Å²) in [5.74, 6) is 2.08. The zero-order valence-electron chi connectivity index (χ0n) is 16.4. The molecule has 0 bridgehead atoms. The van der Waals surface area contributed by atoms with Crippen LogP contribution >= 0.6 is 11.9 Å². The highest BCUT2D eigenvalue weighted by Gasteiger charge is 2.25. The van der Waals surface area contributed by atoms with Crippen molar-refractivity contribution >= 4 is 23.5 Å². The fourth-order valence-corrected chi connectivity index (χ4v) is 3.74. The van der Waals surface area contributed by atoms with E-state index < -0.39 is 11.2 Å². The summed E-state index contributed by atoms with van der Waals surface area (Å²) in [4.78, 5) is 16.4. The lowest BCUT2D eigenvalue weighted by Gasteiger charge is -2.23. The van der Waals surface area contributed by atoms with Gasteiger partial charge in [-0.1, -0.05) is 5.16 Å². The number of fused-ring (bicyclic) bond motifs is 1. The number of aryl methyl sites for hydroxylation is 1. The first-order chi connectivity index (χ1) is 14.5. The summed E-state index contributed by atoms with van der Waals surface area (Å²) >= 11 is 1.19. The van der Waals surface area contributed by atoms with Crippen molar-refractivity contribution < 1.29 is 23.5 Å². The minimum atomic E-state index is -0.672. The van der Waals surface area contributed by atoms with E-state index in [0.29, 0.717) is 47.7 Å². The normalized spacial score (nSPS) is 13.5. The number of hydrogen-bond acceptors (Lipinski definition) is 9. The molecular weight excluding hydrogens is 408 g/mol. The summed E-state index contributed by atoms with van der Waals surface area (Å²) in [6.45, 7) is 2.61. The molecule has 4 rings (SSSR count). The highest BCUT2D eigenvalue weighted by atomic mass is 32.2. The van der Waals surface area contributed by atoms with Crippen molar-refractivity contribution in [3.63, 3.8) is 0 Å². The predicted molar refractivity (Wildman–Crippen MR) is 112 cm³/mol. The molecule has 0 aliphatic carbocycles. The van der Waals surface area contributed by atoms with E-state index >= 15 is 0 Å². The first-order valence-corrected chi connectivity index (χ1v) is 10.0. The lowest BCUT2D eigenvalue weighted by Crippen LogP contribution is -2.21. The van der Waals surface area contributed by atoms with E-state index in [0.717, 1.165) is 11.3 Å². The van der Waals surface area contributed by atoms with Gasteiger partial charge in [-0.15, -0.1) is 0 Å². The highest BCUT2D eigenvalue weighted by Crippen LogP contribution is 2.43. The Labute approximate surface area is 177 Å². The molecule has 1 atom stereocenters. The molecule has 9 nitrogen and oxygen atoms in total. The Morgan fingerprint density at radius 3 is 2.67 bits per heavy atom. The Hall–Kier alpha value is -3.40. The third kappa shape index (κ3) is 4.13. The van der Waals surface area contributed by atoms with Gasteiger partial charge in [0.1, 0.15) is 18.5 Å². The molecule has 30 heavy (non-hydrogen) atoms. The van der Waals surface area contributed by atoms with Gasteiger partial charge in [0.05, 0.1) is 7.11 Å². The number of anilines is 1. The molecule has 0 saturated heterocycles. The third-order valence-electron chi connectivity index (χ3n) is 4.38. The number of methoxy groups -OCH3 is 1. The molecule has 0 fully saturated rings. The van der Waals surface area contributed by atoms with E-state index in [-0.39, 0.29) is 0 Å². The van der Waals surface area contributed by atoms with Crippen LogP contribution in [0.25, 0.3) is 11.4 Å². The summed E-state index contributed by atoms with van der Waals surface area (Å²) in [6.07, 6.45) is 0. The number of aromatic nitrogens is 2. The molecule has 1 unspecified atom stereocenters. The number of amides is 1. The molecule has 1 aliphatic heterocycles. The number of nitrogens with two attached hydrogens (primary N) is 1. The van der Waals surface area contributed by atoms with Gasteiger partial charge in [-0.05, 0) is 53.9 Å². The number of nitrogens with one attached hydrogen (secondary N) is 1. The lowest BCUT2D eigenvalue weighted by molar-refractivity contribution is -0.117. The van der Waals surface area contributed by atoms with Crippen LogP contribution in [0.4, 0.5) is 5.69 Å². The van der Waals surface area contributed by atoms with Crippen LogP contribution in [0.3, 0.4) is 0 Å². The molecule has 1 amide bonds. The number of hydrogen-bond donors (Lipinski definition) is 2. The zero-order valence-corrected chi connectivity index (χ0v) is 17.2. The number of carbonyl (C=O) groups excluding carboxylic acids is 1. The number of benzene rings is 2. The second kappa shape index (κ2) is 8.54. The average Bonchev–Trinajstić information content (AvgIpc) is 3.19. The Balaban J connectivity index is 1.51. The zero-order chi connectivity index (χ0) is 21.1. The predicted octanol–water partition coefficient (Wildman–Crippen LogP) is 3.11. The molecule has 0 saturated carbocycles. The second-order valence-corrected chi connectivity index (χ2v) is 7.38. The van der Waals surface area contributed by atoms with E-state index in [1.165, 1.54) is 19.1 Å². The maximum atomic E-state index is 12.2. The molecule has 10 heteroatoms. The largest absolute Gasteiger partial charge is 0.493 e. The van der Waals surface area contributed by atoms with Crippen LogP contribution < -0.4 is 24.7 Å². The van der Waals surface area contributed by atoms with E-state index in [2.05, 4.69) is 14.9 Å². The minimum absolute atomic E-state index is 0.429. The molecule has 0 radical (unpaired) electrons. The van der Waals surface area contributed by atoms with Crippen LogP contribution in [0.5, 0.6) is 17.2 Å². The van der Waals surface area contributed by atoms with Crippen LogP contribution in [-0.4, -0.2) is 36.4 Å². The molecule has 156 valence electrons. The smallest absolute Gasteiger partial charge is 0.236 e. The molecule has 1 aliphatic rings. The summed E-state index contributed by atoms with van der Waals surface area (Å²) in [6, 6.07) is 10.9. The third-order valence-corrected chi connectivity index (χ3v) is 5.47. The van der Waals surface area contributed by atoms with Gasteiger partial charge in [0, 0.05) is 18.2 Å². The van der Waals surface area contributed by atoms with E-state index in [4.69, 9.17) is 24.5 Å². The summed E-state index contributed by atoms with van der Waals surface area (Å²) in [5.41, 5.74) is 7.93. The van der Waals surface area contributed by atoms with Gasteiger partial charge in [-0.25, -0.2) is 0 Å². The van der Waals surface area contributed by atoms with E-state index in [1.807, 2.05) is 24.3 Å². The first kappa shape index (κ1) is 19.9. The van der Waals surface area contributed by atoms with Crippen molar-refractivity contribution in [3.05, 3.63) is 47.9 Å². The average molecular weight is 428 g/mol. The fourth-order valence-electron chi connectivity index (χ4n) is 2.97. The Kier molecular flexibility index (Phi) is 5.66. The Bertz CT molecular complexity index is 1040. The van der Waals surface area contributed by atoms with Crippen molar-refractivity contribution in [2.75, 3.05) is 25.0 Å². The summed E-state index contributed by atoms with van der Waals surface area (Å²) in [5, 5.41) is 3.23. The van der Waals surface area contributed by atoms with Gasteiger partial charge < -0.3 is 29.2 Å². The van der Waals surface area contributed by atoms with Gasteiger partial charge >= 0.3 is 0 Å². The van der Waals surface area contributed by atoms with Gasteiger partial charge in [-0.2, -0.15) is 4.98 Å². The van der Waals surface area contributed by atoms with Crippen molar-refractivity contribution in [1.29, 1.82) is 0 Å². The Morgan fingerprint density at radius 1 is 1.23 bits per heavy atom. The maximum absolute atomic E-state index is 12.2. The minimum Gasteiger partial charge on any atom is -0.493 e. The number of rotatable bonds is 7. The Morgan fingerprint density at radius 2 is 2.00 bits per heavy atom. The van der Waals surface area contributed by atoms with Gasteiger partial charge in [0.25, 0.3) is 0 Å². The summed E-state index contributed by atoms with van der Waals surface area (Å²) in [7, 11) is 1.54. The van der Waals surface area contributed by atoms with Crippen molar-refractivity contribution in [3.8, 4) is 28.6 Å². The summed E-state index contributed by atoms with van der Waals surface area (Å²) < 4.78 is 24.8. The lowest BCUT2D eigenvalue weighted by atomic mass is 10.1. The van der Waals surface area contributed by atoms with Crippen LogP contribution in [-0.2, 0) is 4.79 Å². The van der Waals surface area contributed by atoms with Crippen LogP contribution in [0, 0.1) is 6.92 Å². The quantitative estimate of drug-likeness (QED) is 0.547. The topological polar surface area (TPSA) is 122 Å². The van der Waals surface area contributed by atoms with Gasteiger partial charge in [-0.3, -0.25) is 4.79 Å². The number of nitrogens with zero attached hydrogens (tertiary/aromatic N) is 2. The standard InChI is InChI=1S/C20H20N4O5S/c1-11-22-20(23-29-11)12-3-5-14(6-4-12)24-30-18(19(21)25)13-9-15(26-2)17-16(10-13)27-7-8-28-17/h3-6,9-10,18,24H,7-8H2,1-2H3,(H2,21,25). The number of carbonyl (C=O) groups is 1. The molecule has 2 heterocycles. The van der Waals surface area contributed by atoms with Crippen LogP contribution in [0.2, 0.25) is 0 Å². The SMILES string of the molecule is COc1cc(C(SNc2ccc(-c3noc(C)n3)cc2)C(N)=O)cc2c1OCCO2. The molecule has 3 aromatic rings. The molecular formula is C20H20N4O5S. The second-order valence-electron chi connectivity index (χ2n) is 6.46. The first-order valence-electron chi connectivity index (χ1n) is 9.14. The molecule has 0 spiro atoms. The van der Waals surface area contributed by atoms with E-state index in [1.54, 1.807) is 19.1 Å². The molecule has 1 aromatic heterocycles. The van der Waals surface area contributed by atoms with Crippen LogP contribution in [0.1, 0.15) is 16.7 Å². The van der Waals surface area contributed by atoms with Crippen molar-refractivity contribution in [1.82, 2.24) is 10.1 Å². The molecule has 2 aromatic carbocycles. The van der Waals surface area contributed by atoms with Crippen LogP contribution in [0.15, 0.2) is 40.9 Å². The number of ether oxygens (including phenoxy) is 3. The van der Waals surface area contributed by atoms with Crippen molar-refractivity contribution in [2.24, 2.45) is 5.73 Å².